The molecule has 0 aromatic carbocycles. The predicted octanol–water partition coefficient (Wildman–Crippen LogP) is 7.39. The molecule has 0 aliphatic rings. The lowest BCUT2D eigenvalue weighted by atomic mass is 10.1. The van der Waals surface area contributed by atoms with Crippen LogP contribution in [0, 0.1) is 0 Å². The van der Waals surface area contributed by atoms with Gasteiger partial charge in [0.1, 0.15) is 118 Å². The van der Waals surface area contributed by atoms with Gasteiger partial charge in [0.25, 0.3) is 0 Å². The van der Waals surface area contributed by atoms with Crippen LogP contribution in [0.5, 0.6) is 0 Å². The molecule has 50 nitrogen and oxygen atoms in total. The molecule has 2 aromatic heterocycles. The van der Waals surface area contributed by atoms with Crippen LogP contribution in [0.15, 0.2) is 12.4 Å². The highest BCUT2D eigenvalue weighted by Gasteiger charge is 2.35. The molecule has 0 spiro atoms. The van der Waals surface area contributed by atoms with Gasteiger partial charge in [-0.3, -0.25) is 38.4 Å². The molecule has 0 aliphatic carbocycles. The Morgan fingerprint density at radius 2 is 0.466 bits per heavy atom. The molecule has 0 saturated carbocycles. The molecule has 830 valence electrons. The number of alkyl carbamates (subject to hydrolysis) is 8. The number of nitrogens with zero attached hydrogens (tertiary/aromatic N) is 6. The maximum Gasteiger partial charge on any atom is 0.408 e. The van der Waals surface area contributed by atoms with E-state index < -0.39 is 214 Å². The van der Waals surface area contributed by atoms with E-state index in [0.29, 0.717) is 38.5 Å². The number of aromatic nitrogens is 6. The van der Waals surface area contributed by atoms with Crippen molar-refractivity contribution >= 4 is 130 Å². The number of ether oxygens (including phenoxy) is 10. The molecule has 2 aromatic rings. The van der Waals surface area contributed by atoms with Gasteiger partial charge in [-0.2, -0.15) is 0 Å². The standard InChI is InChI=1S/C94H164N22O28S2/c1-87(2,3)137-79(127)97-47-35-29-41-63(107-83(131)141-91(13,14)15)71(119)95-45-33-27-39-61(105-75(123)65(109-85(133)143-93(19,20)21)43-31-37-49-99-81(129)139-89(7,8)9)73(121)101-51-59-53-115(113-111-59)55-69(117)103-67(77(125)135-25)57-145-146-58-68(78(126)136-26)104-70(118)56-116-54-60(112-114-116)52-102-74(122)62(106-76(124)66(110-86(134)144-94(22,23)24)44-32-38-50-100-82(130)140-90(10,11)12)40-28-34-46-96-72(120)64(108-84(132)142-92(16,17)18)42-30-36-48-98-80(128)138-88(4,5)6/h53-54,61-68H,27-52,55-58H2,1-26H3,(H,95,119)(H,96,120)(H,97,127)(H,98,128)(H,99,129)(H,100,130)(H,101,121)(H,102,122)(H,103,117)(H,104,118)(H,105,123)(H,106,124)(H,107,131)(H,108,132)(H,109,133)(H,110,134)/t61-,62-,63-,64-,65-,66-,67-,68-/m0/s1. The summed E-state index contributed by atoms with van der Waals surface area (Å²) in [5.74, 6) is -7.51. The summed E-state index contributed by atoms with van der Waals surface area (Å²) >= 11 is 0. The molecule has 16 amide bonds. The summed E-state index contributed by atoms with van der Waals surface area (Å²) in [6.07, 6.45) is 0.813. The number of esters is 2. The molecule has 2 rings (SSSR count). The Morgan fingerprint density at radius 1 is 0.260 bits per heavy atom. The van der Waals surface area contributed by atoms with Crippen molar-refractivity contribution in [1.29, 1.82) is 0 Å². The zero-order valence-electron chi connectivity index (χ0n) is 89.9. The van der Waals surface area contributed by atoms with E-state index in [1.807, 2.05) is 0 Å². The van der Waals surface area contributed by atoms with Crippen LogP contribution in [0.2, 0.25) is 0 Å². The van der Waals surface area contributed by atoms with E-state index in [2.05, 4.69) is 106 Å². The maximum absolute atomic E-state index is 14.4. The first-order chi connectivity index (χ1) is 67.7. The summed E-state index contributed by atoms with van der Waals surface area (Å²) in [6.45, 7) is 39.7. The Kier molecular flexibility index (Phi) is 57.0. The largest absolute Gasteiger partial charge is 0.467 e. The van der Waals surface area contributed by atoms with Crippen LogP contribution < -0.4 is 85.1 Å². The lowest BCUT2D eigenvalue weighted by Gasteiger charge is -2.25. The quantitative estimate of drug-likeness (QED) is 0.0133. The molecular formula is C94H164N22O28S2. The number of carbonyl (C=O) groups excluding carboxylic acids is 18. The summed E-state index contributed by atoms with van der Waals surface area (Å²) in [5, 5.41) is 59.1. The second-order valence-corrected chi connectivity index (χ2v) is 44.8. The summed E-state index contributed by atoms with van der Waals surface area (Å²) in [4.78, 5) is 240. The van der Waals surface area contributed by atoms with Gasteiger partial charge < -0.3 is 132 Å². The van der Waals surface area contributed by atoms with Crippen LogP contribution in [0.3, 0.4) is 0 Å². The van der Waals surface area contributed by atoms with Crippen molar-refractivity contribution in [2.75, 3.05) is 65.0 Å². The number of nitrogens with one attached hydrogen (secondary N) is 16. The van der Waals surface area contributed by atoms with Crippen molar-refractivity contribution in [3.63, 3.8) is 0 Å². The summed E-state index contributed by atoms with van der Waals surface area (Å²) in [7, 11) is 4.25. The first-order valence-electron chi connectivity index (χ1n) is 49.0. The van der Waals surface area contributed by atoms with Crippen LogP contribution in [-0.2, 0) is 121 Å². The minimum absolute atomic E-state index is 0.0268. The van der Waals surface area contributed by atoms with Gasteiger partial charge in [-0.25, -0.2) is 57.3 Å². The Bertz CT molecular complexity index is 4230. The van der Waals surface area contributed by atoms with Crippen molar-refractivity contribution in [2.45, 2.75) is 401 Å². The molecule has 52 heteroatoms. The van der Waals surface area contributed by atoms with Gasteiger partial charge >= 0.3 is 60.7 Å². The van der Waals surface area contributed by atoms with Crippen LogP contribution in [0.25, 0.3) is 0 Å². The van der Waals surface area contributed by atoms with E-state index in [0.717, 1.165) is 45.2 Å². The molecule has 2 heterocycles. The second-order valence-electron chi connectivity index (χ2n) is 42.3. The fraction of sp³-hybridized carbons (Fsp3) is 0.766. The van der Waals surface area contributed by atoms with Gasteiger partial charge in [-0.15, -0.1) is 10.2 Å². The van der Waals surface area contributed by atoms with Crippen molar-refractivity contribution in [1.82, 2.24) is 115 Å². The Labute approximate surface area is 863 Å². The molecule has 16 N–H and O–H groups in total. The molecule has 146 heavy (non-hydrogen) atoms. The van der Waals surface area contributed by atoms with Gasteiger partial charge in [0.15, 0.2) is 0 Å². The van der Waals surface area contributed by atoms with Crippen LogP contribution in [0.4, 0.5) is 38.4 Å². The highest BCUT2D eigenvalue weighted by atomic mass is 33.1. The van der Waals surface area contributed by atoms with Gasteiger partial charge in [0.05, 0.1) is 39.7 Å². The van der Waals surface area contributed by atoms with Gasteiger partial charge in [0, 0.05) is 50.8 Å². The van der Waals surface area contributed by atoms with Gasteiger partial charge in [-0.05, 0) is 282 Å². The Balaban J connectivity index is 2.33. The fourth-order valence-corrected chi connectivity index (χ4v) is 15.0. The topological polar surface area (TPSA) is 653 Å². The van der Waals surface area contributed by atoms with Crippen molar-refractivity contribution < 1.29 is 134 Å². The normalized spacial score (nSPS) is 13.5. The van der Waals surface area contributed by atoms with Crippen molar-refractivity contribution in [2.24, 2.45) is 0 Å². The third kappa shape index (κ3) is 64.7. The first-order valence-corrected chi connectivity index (χ1v) is 51.5. The second kappa shape index (κ2) is 64.1. The minimum Gasteiger partial charge on any atom is -0.467 e. The molecule has 0 radical (unpaired) electrons. The highest BCUT2D eigenvalue weighted by Crippen LogP contribution is 2.25. The van der Waals surface area contributed by atoms with Gasteiger partial charge in [0.2, 0.25) is 47.3 Å². The lowest BCUT2D eigenvalue weighted by molar-refractivity contribution is -0.144. The van der Waals surface area contributed by atoms with E-state index in [9.17, 15) is 86.3 Å². The molecule has 8 atom stereocenters. The van der Waals surface area contributed by atoms with E-state index >= 15 is 0 Å². The zero-order valence-corrected chi connectivity index (χ0v) is 91.6. The summed E-state index contributed by atoms with van der Waals surface area (Å²) in [5.41, 5.74) is -6.39. The molecule has 0 fully saturated rings. The number of methoxy groups -OCH3 is 2. The van der Waals surface area contributed by atoms with Gasteiger partial charge in [-0.1, -0.05) is 32.0 Å². The van der Waals surface area contributed by atoms with Crippen LogP contribution in [-0.4, -0.2) is 296 Å². The molecule has 0 saturated heterocycles. The number of carbonyl (C=O) groups is 18. The zero-order chi connectivity index (χ0) is 111. The molecule has 0 unspecified atom stereocenters. The number of unbranched alkanes of at least 4 members (excludes halogenated alkanes) is 6. The maximum atomic E-state index is 14.4. The fourth-order valence-electron chi connectivity index (χ4n) is 12.7. The summed E-state index contributed by atoms with van der Waals surface area (Å²) in [6, 6.07) is -9.77. The highest BCUT2D eigenvalue weighted by molar-refractivity contribution is 8.76. The molecule has 0 bridgehead atoms. The smallest absolute Gasteiger partial charge is 0.408 e. The van der Waals surface area contributed by atoms with E-state index in [-0.39, 0.29) is 152 Å². The molecular weight excluding hydrogens is 1950 g/mol. The van der Waals surface area contributed by atoms with E-state index in [1.165, 1.54) is 12.4 Å². The van der Waals surface area contributed by atoms with Crippen molar-refractivity contribution in [3.8, 4) is 0 Å². The Morgan fingerprint density at radius 3 is 0.692 bits per heavy atom. The summed E-state index contributed by atoms with van der Waals surface area (Å²) < 4.78 is 55.3. The SMILES string of the molecule is COC(=O)[C@H](CSSC[C@H](NC(=O)Cn1cc(CNC(=O)[C@H](CCCCNC(=O)[C@H](CCCCNC(=O)OC(C)(C)C)NC(=O)OC(C)(C)C)NC(=O)[C@H](CCCCNC(=O)OC(C)(C)C)NC(=O)OC(C)(C)C)nn1)C(=O)OC)NC(=O)Cn1cc(CNC(=O)[C@H](CCCCNC(=O)[C@H](CCCCNC(=O)OC(C)(C)C)NC(=O)OC(C)(C)C)NC(=O)[C@H](CCCCNC(=O)OC(C)(C)C)NC(=O)OC(C)(C)C)nn1. The average Bonchev–Trinajstić information content (AvgIpc) is 1.77. The monoisotopic (exact) mass is 2110 g/mol. The third-order valence-electron chi connectivity index (χ3n) is 19.0. The first kappa shape index (κ1) is 130. The molecule has 0 aliphatic heterocycles. The number of hydrogen-bond acceptors (Lipinski definition) is 34. The minimum atomic E-state index is -1.29. The number of amides is 16. The third-order valence-corrected chi connectivity index (χ3v) is 21.4. The van der Waals surface area contributed by atoms with E-state index in [4.69, 9.17) is 47.4 Å². The lowest BCUT2D eigenvalue weighted by Crippen LogP contribution is -2.54. The van der Waals surface area contributed by atoms with Crippen LogP contribution >= 0.6 is 21.6 Å². The van der Waals surface area contributed by atoms with E-state index in [1.54, 1.807) is 166 Å². The Hall–Kier alpha value is -12.2. The predicted molar refractivity (Wildman–Crippen MR) is 539 cm³/mol. The number of hydrogen-bond donors (Lipinski definition) is 16. The number of rotatable bonds is 59. The van der Waals surface area contributed by atoms with Crippen LogP contribution in [0.1, 0.15) is 293 Å². The average molecular weight is 2110 g/mol. The van der Waals surface area contributed by atoms with Crippen molar-refractivity contribution in [3.05, 3.63) is 23.8 Å².